The zero-order valence-electron chi connectivity index (χ0n) is 10.6. The summed E-state index contributed by atoms with van der Waals surface area (Å²) in [4.78, 5) is 12.3. The fourth-order valence-electron chi connectivity index (χ4n) is 2.74. The Morgan fingerprint density at radius 2 is 2.28 bits per heavy atom. The van der Waals surface area contributed by atoms with Gasteiger partial charge in [0.05, 0.1) is 25.0 Å². The number of carbonyl (C=O) groups is 1. The number of ketones is 1. The van der Waals surface area contributed by atoms with Gasteiger partial charge in [-0.15, -0.1) is 0 Å². The molecule has 0 saturated heterocycles. The number of ether oxygens (including phenoxy) is 1. The van der Waals surface area contributed by atoms with Crippen molar-refractivity contribution in [2.24, 2.45) is 0 Å². The topological polar surface area (TPSA) is 50.1 Å². The predicted octanol–water partition coefficient (Wildman–Crippen LogP) is 2.99. The Bertz CT molecular complexity index is 490. The molecule has 18 heavy (non-hydrogen) atoms. The molecule has 3 heteroatoms. The normalized spacial score (nSPS) is 23.4. The van der Waals surface area contributed by atoms with Gasteiger partial charge in [-0.3, -0.25) is 4.79 Å². The molecule has 0 heterocycles. The molecule has 1 aliphatic carbocycles. The van der Waals surface area contributed by atoms with Crippen LogP contribution in [-0.2, 0) is 10.2 Å². The lowest BCUT2D eigenvalue weighted by molar-refractivity contribution is -0.126. The summed E-state index contributed by atoms with van der Waals surface area (Å²) >= 11 is 0. The molecule has 1 aromatic rings. The summed E-state index contributed by atoms with van der Waals surface area (Å²) in [6.07, 6.45) is 3.56. The van der Waals surface area contributed by atoms with E-state index < -0.39 is 5.41 Å². The predicted molar refractivity (Wildman–Crippen MR) is 68.4 cm³/mol. The molecule has 94 valence electrons. The van der Waals surface area contributed by atoms with Crippen LogP contribution in [0.3, 0.4) is 0 Å². The van der Waals surface area contributed by atoms with Gasteiger partial charge in [-0.05, 0) is 30.5 Å². The molecule has 3 nitrogen and oxygen atoms in total. The van der Waals surface area contributed by atoms with Crippen molar-refractivity contribution in [2.75, 3.05) is 7.11 Å². The lowest BCUT2D eigenvalue weighted by Gasteiger charge is -2.34. The van der Waals surface area contributed by atoms with Crippen LogP contribution in [0.1, 0.15) is 37.7 Å². The van der Waals surface area contributed by atoms with Crippen molar-refractivity contribution in [2.45, 2.75) is 37.5 Å². The number of hydrogen-bond donors (Lipinski definition) is 0. The molecule has 1 saturated carbocycles. The van der Waals surface area contributed by atoms with Gasteiger partial charge in [-0.1, -0.05) is 18.6 Å². The molecule has 0 radical (unpaired) electrons. The fraction of sp³-hybridized carbons (Fsp3) is 0.467. The third-order valence-corrected chi connectivity index (χ3v) is 3.79. The van der Waals surface area contributed by atoms with E-state index in [9.17, 15) is 4.79 Å². The number of nitrogens with zero attached hydrogens (tertiary/aromatic N) is 1. The summed E-state index contributed by atoms with van der Waals surface area (Å²) in [5.74, 6) is 0.937. The van der Waals surface area contributed by atoms with Gasteiger partial charge in [0.15, 0.2) is 0 Å². The largest absolute Gasteiger partial charge is 0.497 e. The monoisotopic (exact) mass is 243 g/mol. The van der Waals surface area contributed by atoms with Crippen molar-refractivity contribution >= 4 is 5.78 Å². The second-order valence-electron chi connectivity index (χ2n) is 4.78. The second-order valence-corrected chi connectivity index (χ2v) is 4.78. The molecule has 1 aliphatic rings. The Labute approximate surface area is 107 Å². The summed E-state index contributed by atoms with van der Waals surface area (Å²) < 4.78 is 5.21. The highest BCUT2D eigenvalue weighted by atomic mass is 16.5. The van der Waals surface area contributed by atoms with Crippen LogP contribution in [0.15, 0.2) is 24.3 Å². The molecule has 1 aromatic carbocycles. The average molecular weight is 243 g/mol. The van der Waals surface area contributed by atoms with E-state index in [2.05, 4.69) is 6.07 Å². The number of methoxy groups -OCH3 is 1. The third kappa shape index (κ3) is 2.11. The maximum absolute atomic E-state index is 12.3. The smallest absolute Gasteiger partial charge is 0.144 e. The summed E-state index contributed by atoms with van der Waals surface area (Å²) in [6.45, 7) is 0. The molecule has 0 spiro atoms. The Morgan fingerprint density at radius 3 is 2.94 bits per heavy atom. The van der Waals surface area contributed by atoms with E-state index in [-0.39, 0.29) is 12.2 Å². The van der Waals surface area contributed by atoms with Crippen LogP contribution in [0.4, 0.5) is 0 Å². The van der Waals surface area contributed by atoms with Crippen molar-refractivity contribution in [3.8, 4) is 11.8 Å². The molecule has 2 rings (SSSR count). The molecule has 0 amide bonds. The van der Waals surface area contributed by atoms with Crippen LogP contribution in [0.2, 0.25) is 0 Å². The Kier molecular flexibility index (Phi) is 3.66. The summed E-state index contributed by atoms with van der Waals surface area (Å²) in [5, 5.41) is 9.06. The van der Waals surface area contributed by atoms with E-state index in [0.717, 1.165) is 30.6 Å². The van der Waals surface area contributed by atoms with Crippen molar-refractivity contribution in [3.05, 3.63) is 29.8 Å². The van der Waals surface area contributed by atoms with Gasteiger partial charge < -0.3 is 4.74 Å². The van der Waals surface area contributed by atoms with Gasteiger partial charge in [-0.25, -0.2) is 0 Å². The van der Waals surface area contributed by atoms with Crippen LogP contribution in [0.25, 0.3) is 0 Å². The van der Waals surface area contributed by atoms with E-state index >= 15 is 0 Å². The molecule has 0 bridgehead atoms. The van der Waals surface area contributed by atoms with E-state index in [0.29, 0.717) is 6.42 Å². The highest BCUT2D eigenvalue weighted by Gasteiger charge is 2.41. The first kappa shape index (κ1) is 12.6. The maximum atomic E-state index is 12.3. The highest BCUT2D eigenvalue weighted by Crippen LogP contribution is 2.40. The van der Waals surface area contributed by atoms with Gasteiger partial charge in [0.1, 0.15) is 11.5 Å². The highest BCUT2D eigenvalue weighted by molar-refractivity contribution is 5.91. The second kappa shape index (κ2) is 5.22. The summed E-state index contributed by atoms with van der Waals surface area (Å²) in [6, 6.07) is 9.75. The van der Waals surface area contributed by atoms with E-state index in [1.165, 1.54) is 0 Å². The first-order valence-corrected chi connectivity index (χ1v) is 6.28. The first-order chi connectivity index (χ1) is 8.73. The first-order valence-electron chi connectivity index (χ1n) is 6.28. The van der Waals surface area contributed by atoms with Gasteiger partial charge in [0, 0.05) is 6.42 Å². The van der Waals surface area contributed by atoms with Crippen LogP contribution in [0, 0.1) is 11.3 Å². The molecular weight excluding hydrogens is 226 g/mol. The Morgan fingerprint density at radius 1 is 1.44 bits per heavy atom. The minimum absolute atomic E-state index is 0.198. The van der Waals surface area contributed by atoms with Crippen LogP contribution in [0.5, 0.6) is 5.75 Å². The molecule has 0 N–H and O–H groups in total. The molecular formula is C15H17NO2. The standard InChI is InChI=1S/C15H17NO2/c1-18-13-6-4-5-12(11-13)15(9-10-16)8-3-2-7-14(15)17/h4-6,11H,2-3,7-9H2,1H3. The van der Waals surface area contributed by atoms with Crippen molar-refractivity contribution < 1.29 is 9.53 Å². The summed E-state index contributed by atoms with van der Waals surface area (Å²) in [7, 11) is 1.61. The number of benzene rings is 1. The number of carbonyl (C=O) groups excluding carboxylic acids is 1. The lowest BCUT2D eigenvalue weighted by Crippen LogP contribution is -2.38. The van der Waals surface area contributed by atoms with Crippen LogP contribution < -0.4 is 4.74 Å². The fourth-order valence-corrected chi connectivity index (χ4v) is 2.74. The van der Waals surface area contributed by atoms with Gasteiger partial charge in [-0.2, -0.15) is 5.26 Å². The average Bonchev–Trinajstić information content (AvgIpc) is 2.42. The van der Waals surface area contributed by atoms with E-state index in [4.69, 9.17) is 10.00 Å². The maximum Gasteiger partial charge on any atom is 0.144 e. The number of rotatable bonds is 3. The zero-order valence-corrected chi connectivity index (χ0v) is 10.6. The molecule has 1 unspecified atom stereocenters. The number of nitriles is 1. The third-order valence-electron chi connectivity index (χ3n) is 3.79. The molecule has 1 fully saturated rings. The Hall–Kier alpha value is -1.82. The van der Waals surface area contributed by atoms with Gasteiger partial charge in [0.2, 0.25) is 0 Å². The summed E-state index contributed by atoms with van der Waals surface area (Å²) in [5.41, 5.74) is 0.315. The lowest BCUT2D eigenvalue weighted by atomic mass is 9.67. The van der Waals surface area contributed by atoms with Crippen LogP contribution >= 0.6 is 0 Å². The van der Waals surface area contributed by atoms with Gasteiger partial charge in [0.25, 0.3) is 0 Å². The van der Waals surface area contributed by atoms with Crippen molar-refractivity contribution in [1.29, 1.82) is 5.26 Å². The minimum atomic E-state index is -0.610. The quantitative estimate of drug-likeness (QED) is 0.820. The van der Waals surface area contributed by atoms with E-state index in [1.807, 2.05) is 24.3 Å². The minimum Gasteiger partial charge on any atom is -0.497 e. The van der Waals surface area contributed by atoms with Crippen LogP contribution in [-0.4, -0.2) is 12.9 Å². The Balaban J connectivity index is 2.45. The SMILES string of the molecule is COc1cccc(C2(CC#N)CCCCC2=O)c1. The molecule has 0 aromatic heterocycles. The molecule has 1 atom stereocenters. The number of hydrogen-bond acceptors (Lipinski definition) is 3. The van der Waals surface area contributed by atoms with E-state index in [1.54, 1.807) is 7.11 Å². The van der Waals surface area contributed by atoms with Gasteiger partial charge >= 0.3 is 0 Å². The van der Waals surface area contributed by atoms with Crippen molar-refractivity contribution in [1.82, 2.24) is 0 Å². The molecule has 0 aliphatic heterocycles. The number of Topliss-reactive ketones (excluding diaryl/α,β-unsaturated/α-hetero) is 1. The van der Waals surface area contributed by atoms with Crippen molar-refractivity contribution in [3.63, 3.8) is 0 Å². The zero-order chi connectivity index (χ0) is 13.0.